The van der Waals surface area contributed by atoms with E-state index in [9.17, 15) is 9.18 Å². The predicted molar refractivity (Wildman–Crippen MR) is 95.7 cm³/mol. The summed E-state index contributed by atoms with van der Waals surface area (Å²) in [6.07, 6.45) is 3.50. The summed E-state index contributed by atoms with van der Waals surface area (Å²) in [6.45, 7) is 4.05. The molecule has 0 saturated carbocycles. The van der Waals surface area contributed by atoms with E-state index in [1.165, 1.54) is 12.1 Å². The molecule has 0 fully saturated rings. The van der Waals surface area contributed by atoms with E-state index in [1.807, 2.05) is 13.0 Å². The molecule has 1 unspecified atom stereocenters. The lowest BCUT2D eigenvalue weighted by molar-refractivity contribution is -0.119. The number of aryl methyl sites for hydroxylation is 1. The van der Waals surface area contributed by atoms with Crippen LogP contribution >= 0.6 is 15.9 Å². The van der Waals surface area contributed by atoms with Crippen LogP contribution in [0.15, 0.2) is 47.2 Å². The molecule has 0 saturated heterocycles. The van der Waals surface area contributed by atoms with Crippen molar-refractivity contribution in [2.75, 3.05) is 5.32 Å². The monoisotopic (exact) mass is 405 g/mol. The summed E-state index contributed by atoms with van der Waals surface area (Å²) in [5.41, 5.74) is 1.62. The third kappa shape index (κ3) is 4.14. The first-order valence-electron chi connectivity index (χ1n) is 7.72. The Hall–Kier alpha value is -2.48. The molecule has 8 heteroatoms. The number of hydrogen-bond acceptors (Lipinski definition) is 3. The van der Waals surface area contributed by atoms with Crippen molar-refractivity contribution in [1.82, 2.24) is 19.6 Å². The third-order valence-corrected chi connectivity index (χ3v) is 4.54. The van der Waals surface area contributed by atoms with Crippen molar-refractivity contribution in [1.29, 1.82) is 0 Å². The Morgan fingerprint density at radius 3 is 2.84 bits per heavy atom. The van der Waals surface area contributed by atoms with E-state index in [0.717, 1.165) is 15.7 Å². The number of benzene rings is 1. The van der Waals surface area contributed by atoms with Gasteiger partial charge in [0.05, 0.1) is 16.7 Å². The van der Waals surface area contributed by atoms with Crippen LogP contribution in [0.1, 0.15) is 24.2 Å². The number of aromatic nitrogens is 4. The van der Waals surface area contributed by atoms with Crippen LogP contribution in [0, 0.1) is 12.7 Å². The van der Waals surface area contributed by atoms with Crippen molar-refractivity contribution in [3.05, 3.63) is 64.3 Å². The van der Waals surface area contributed by atoms with E-state index >= 15 is 0 Å². The number of nitrogens with one attached hydrogen (secondary N) is 1. The first-order valence-corrected chi connectivity index (χ1v) is 8.51. The molecule has 3 rings (SSSR count). The Kier molecular flexibility index (Phi) is 4.98. The maximum Gasteiger partial charge on any atom is 0.250 e. The zero-order valence-electron chi connectivity index (χ0n) is 13.8. The molecule has 0 radical (unpaired) electrons. The molecule has 1 amide bonds. The summed E-state index contributed by atoms with van der Waals surface area (Å²) < 4.78 is 17.3. The Morgan fingerprint density at radius 2 is 2.16 bits per heavy atom. The van der Waals surface area contributed by atoms with Gasteiger partial charge >= 0.3 is 0 Å². The van der Waals surface area contributed by atoms with Crippen molar-refractivity contribution in [2.45, 2.75) is 26.4 Å². The highest BCUT2D eigenvalue weighted by Gasteiger charge is 2.18. The number of carbonyl (C=O) groups excluding carboxylic acids is 1. The van der Waals surface area contributed by atoms with E-state index in [0.29, 0.717) is 12.4 Å². The van der Waals surface area contributed by atoms with Crippen LogP contribution in [0.3, 0.4) is 0 Å². The standard InChI is InChI=1S/C17H17BrFN5O/c1-11-15(18)10-24(21-11)12(2)17(25)20-16-6-7-23(22-16)9-13-4-3-5-14(19)8-13/h3-8,10,12H,9H2,1-2H3,(H,20,22,25). The molecule has 2 heterocycles. The molecule has 0 aliphatic rings. The average Bonchev–Trinajstić information content (AvgIpc) is 3.13. The Bertz CT molecular complexity index is 885. The van der Waals surface area contributed by atoms with Gasteiger partial charge in [0.2, 0.25) is 5.91 Å². The van der Waals surface area contributed by atoms with E-state index in [4.69, 9.17) is 0 Å². The lowest BCUT2D eigenvalue weighted by Gasteiger charge is -2.11. The van der Waals surface area contributed by atoms with Crippen molar-refractivity contribution in [3.63, 3.8) is 0 Å². The first-order chi connectivity index (χ1) is 11.9. The van der Waals surface area contributed by atoms with Crippen molar-refractivity contribution >= 4 is 27.7 Å². The number of rotatable bonds is 5. The molecular weight excluding hydrogens is 389 g/mol. The lowest BCUT2D eigenvalue weighted by Crippen LogP contribution is -2.24. The summed E-state index contributed by atoms with van der Waals surface area (Å²) in [6, 6.07) is 7.56. The van der Waals surface area contributed by atoms with Crippen molar-refractivity contribution in [2.24, 2.45) is 0 Å². The molecule has 0 bridgehead atoms. The fourth-order valence-electron chi connectivity index (χ4n) is 2.35. The molecule has 0 aliphatic carbocycles. The largest absolute Gasteiger partial charge is 0.307 e. The van der Waals surface area contributed by atoms with Gasteiger partial charge in [0.15, 0.2) is 5.82 Å². The number of carbonyl (C=O) groups is 1. The molecule has 6 nitrogen and oxygen atoms in total. The zero-order valence-corrected chi connectivity index (χ0v) is 15.4. The summed E-state index contributed by atoms with van der Waals surface area (Å²) in [5.74, 6) is -0.0603. The molecule has 130 valence electrons. The number of hydrogen-bond donors (Lipinski definition) is 1. The summed E-state index contributed by atoms with van der Waals surface area (Å²) in [7, 11) is 0. The average molecular weight is 406 g/mol. The minimum atomic E-state index is -0.474. The van der Waals surface area contributed by atoms with Crippen molar-refractivity contribution < 1.29 is 9.18 Å². The minimum Gasteiger partial charge on any atom is -0.307 e. The molecule has 3 aromatic rings. The Balaban J connectivity index is 1.65. The van der Waals surface area contributed by atoms with Crippen LogP contribution in [0.2, 0.25) is 0 Å². The Morgan fingerprint density at radius 1 is 1.36 bits per heavy atom. The first kappa shape index (κ1) is 17.3. The number of halogens is 2. The second-order valence-electron chi connectivity index (χ2n) is 5.74. The maximum atomic E-state index is 13.2. The van der Waals surface area contributed by atoms with Gasteiger partial charge in [-0.05, 0) is 47.5 Å². The van der Waals surface area contributed by atoms with Gasteiger partial charge in [0.25, 0.3) is 0 Å². The SMILES string of the molecule is Cc1nn(C(C)C(=O)Nc2ccn(Cc3cccc(F)c3)n2)cc1Br. The minimum absolute atomic E-state index is 0.217. The predicted octanol–water partition coefficient (Wildman–Crippen LogP) is 3.54. The van der Waals surface area contributed by atoms with Crippen LogP contribution in [-0.2, 0) is 11.3 Å². The number of nitrogens with zero attached hydrogens (tertiary/aromatic N) is 4. The highest BCUT2D eigenvalue weighted by Crippen LogP contribution is 2.17. The number of amides is 1. The van der Waals surface area contributed by atoms with Gasteiger partial charge in [-0.1, -0.05) is 12.1 Å². The van der Waals surface area contributed by atoms with Gasteiger partial charge in [-0.2, -0.15) is 10.2 Å². The van der Waals surface area contributed by atoms with Gasteiger partial charge < -0.3 is 5.32 Å². The van der Waals surface area contributed by atoms with E-state index < -0.39 is 6.04 Å². The van der Waals surface area contributed by atoms with E-state index in [1.54, 1.807) is 40.8 Å². The molecule has 2 aromatic heterocycles. The van der Waals surface area contributed by atoms with Crippen LogP contribution < -0.4 is 5.32 Å². The number of anilines is 1. The van der Waals surface area contributed by atoms with Gasteiger partial charge in [-0.3, -0.25) is 14.2 Å². The molecule has 1 aromatic carbocycles. The quantitative estimate of drug-likeness (QED) is 0.705. The lowest BCUT2D eigenvalue weighted by atomic mass is 10.2. The van der Waals surface area contributed by atoms with E-state index in [-0.39, 0.29) is 11.7 Å². The molecule has 1 N–H and O–H groups in total. The fraction of sp³-hybridized carbons (Fsp3) is 0.235. The highest BCUT2D eigenvalue weighted by atomic mass is 79.9. The van der Waals surface area contributed by atoms with Gasteiger partial charge in [-0.15, -0.1) is 0 Å². The molecular formula is C17H17BrFN5O. The van der Waals surface area contributed by atoms with Crippen LogP contribution in [0.5, 0.6) is 0 Å². The third-order valence-electron chi connectivity index (χ3n) is 3.76. The van der Waals surface area contributed by atoms with Crippen LogP contribution in [0.25, 0.3) is 0 Å². The second-order valence-corrected chi connectivity index (χ2v) is 6.59. The van der Waals surface area contributed by atoms with Gasteiger partial charge in [-0.25, -0.2) is 4.39 Å². The molecule has 0 aliphatic heterocycles. The normalized spacial score (nSPS) is 12.2. The van der Waals surface area contributed by atoms with Gasteiger partial charge in [0, 0.05) is 18.5 Å². The smallest absolute Gasteiger partial charge is 0.250 e. The summed E-state index contributed by atoms with van der Waals surface area (Å²) in [4.78, 5) is 12.4. The van der Waals surface area contributed by atoms with Gasteiger partial charge in [0.1, 0.15) is 11.9 Å². The van der Waals surface area contributed by atoms with E-state index in [2.05, 4.69) is 31.4 Å². The summed E-state index contributed by atoms with van der Waals surface area (Å²) >= 11 is 3.38. The zero-order chi connectivity index (χ0) is 18.0. The van der Waals surface area contributed by atoms with Crippen LogP contribution in [-0.4, -0.2) is 25.5 Å². The molecule has 25 heavy (non-hydrogen) atoms. The molecule has 1 atom stereocenters. The van der Waals surface area contributed by atoms with Crippen LogP contribution in [0.4, 0.5) is 10.2 Å². The molecule has 0 spiro atoms. The topological polar surface area (TPSA) is 64.7 Å². The maximum absolute atomic E-state index is 13.2. The fourth-order valence-corrected chi connectivity index (χ4v) is 2.64. The van der Waals surface area contributed by atoms with Crippen molar-refractivity contribution in [3.8, 4) is 0 Å². The summed E-state index contributed by atoms with van der Waals surface area (Å²) in [5, 5.41) is 11.4. The Labute approximate surface area is 152 Å². The highest BCUT2D eigenvalue weighted by molar-refractivity contribution is 9.10. The second kappa shape index (κ2) is 7.18.